The first-order valence-electron chi connectivity index (χ1n) is 6.21. The molecule has 0 aliphatic rings. The van der Waals surface area contributed by atoms with Crippen molar-refractivity contribution in [3.05, 3.63) is 35.6 Å². The molecule has 0 fully saturated rings. The van der Waals surface area contributed by atoms with Crippen LogP contribution in [0.4, 0.5) is 4.39 Å². The molecule has 1 aromatic carbocycles. The van der Waals surface area contributed by atoms with Gasteiger partial charge < -0.3 is 10.1 Å². The zero-order valence-electron chi connectivity index (χ0n) is 10.9. The van der Waals surface area contributed by atoms with Crippen LogP contribution in [0.2, 0.25) is 0 Å². The van der Waals surface area contributed by atoms with Gasteiger partial charge in [-0.15, -0.1) is 0 Å². The van der Waals surface area contributed by atoms with Gasteiger partial charge in [-0.1, -0.05) is 39.0 Å². The number of hydrogen-bond donors (Lipinski definition) is 1. The molecule has 0 amide bonds. The summed E-state index contributed by atoms with van der Waals surface area (Å²) in [5.41, 5.74) is 0.621. The second kappa shape index (κ2) is 7.41. The van der Waals surface area contributed by atoms with Crippen LogP contribution in [0.25, 0.3) is 0 Å². The summed E-state index contributed by atoms with van der Waals surface area (Å²) >= 11 is 0. The normalized spacial score (nSPS) is 13.0. The highest BCUT2D eigenvalue weighted by Crippen LogP contribution is 2.10. The highest BCUT2D eigenvalue weighted by molar-refractivity contribution is 5.16. The molecule has 3 heteroatoms. The molecule has 0 spiro atoms. The van der Waals surface area contributed by atoms with Crippen molar-refractivity contribution < 1.29 is 9.13 Å². The minimum absolute atomic E-state index is 0.136. The van der Waals surface area contributed by atoms with E-state index < -0.39 is 0 Å². The van der Waals surface area contributed by atoms with E-state index in [1.165, 1.54) is 6.07 Å². The Morgan fingerprint density at radius 2 is 2.00 bits per heavy atom. The van der Waals surface area contributed by atoms with Crippen LogP contribution in [-0.2, 0) is 11.3 Å². The van der Waals surface area contributed by atoms with Crippen molar-refractivity contribution in [3.8, 4) is 0 Å². The van der Waals surface area contributed by atoms with Crippen molar-refractivity contribution in [1.82, 2.24) is 5.32 Å². The first-order chi connectivity index (χ1) is 8.13. The van der Waals surface area contributed by atoms with Crippen LogP contribution < -0.4 is 5.32 Å². The maximum atomic E-state index is 13.4. The Hall–Kier alpha value is -0.930. The average Bonchev–Trinajstić information content (AvgIpc) is 2.31. The summed E-state index contributed by atoms with van der Waals surface area (Å²) in [4.78, 5) is 0. The van der Waals surface area contributed by atoms with E-state index in [1.54, 1.807) is 12.1 Å². The predicted octanol–water partition coefficient (Wildman–Crippen LogP) is 3.12. The molecular weight excluding hydrogens is 217 g/mol. The van der Waals surface area contributed by atoms with Crippen LogP contribution >= 0.6 is 0 Å². The number of ether oxygens (including phenoxy) is 1. The monoisotopic (exact) mass is 239 g/mol. The number of halogens is 1. The Bertz CT molecular complexity index is 328. The van der Waals surface area contributed by atoms with Crippen molar-refractivity contribution in [2.24, 2.45) is 0 Å². The molecular formula is C14H22FNO. The van der Waals surface area contributed by atoms with E-state index in [4.69, 9.17) is 4.74 Å². The van der Waals surface area contributed by atoms with Crippen molar-refractivity contribution in [2.45, 2.75) is 45.9 Å². The fourth-order valence-corrected chi connectivity index (χ4v) is 1.51. The lowest BCUT2D eigenvalue weighted by molar-refractivity contribution is 0.0358. The molecule has 0 saturated heterocycles. The number of nitrogens with one attached hydrogen (secondary N) is 1. The van der Waals surface area contributed by atoms with Gasteiger partial charge in [-0.3, -0.25) is 0 Å². The molecule has 0 heterocycles. The zero-order valence-corrected chi connectivity index (χ0v) is 10.9. The Morgan fingerprint density at radius 1 is 1.29 bits per heavy atom. The quantitative estimate of drug-likeness (QED) is 0.789. The van der Waals surface area contributed by atoms with Crippen LogP contribution in [0.15, 0.2) is 24.3 Å². The Balaban J connectivity index is 2.40. The van der Waals surface area contributed by atoms with Crippen LogP contribution in [0.5, 0.6) is 0 Å². The minimum atomic E-state index is -0.195. The standard InChI is InChI=1S/C14H22FNO/c1-4-13(9-16-11(2)3)17-10-12-7-5-6-8-14(12)15/h5-8,11,13,16H,4,9-10H2,1-3H3. The molecule has 1 N–H and O–H groups in total. The molecule has 1 unspecified atom stereocenters. The predicted molar refractivity (Wildman–Crippen MR) is 68.4 cm³/mol. The van der Waals surface area contributed by atoms with E-state index in [2.05, 4.69) is 26.1 Å². The lowest BCUT2D eigenvalue weighted by atomic mass is 10.2. The van der Waals surface area contributed by atoms with Crippen molar-refractivity contribution >= 4 is 0 Å². The molecule has 1 aromatic rings. The maximum absolute atomic E-state index is 13.4. The third-order valence-electron chi connectivity index (χ3n) is 2.64. The largest absolute Gasteiger partial charge is 0.372 e. The van der Waals surface area contributed by atoms with Gasteiger partial charge in [0.25, 0.3) is 0 Å². The molecule has 0 aliphatic heterocycles. The smallest absolute Gasteiger partial charge is 0.128 e. The third kappa shape index (κ3) is 5.29. The molecule has 1 atom stereocenters. The number of hydrogen-bond acceptors (Lipinski definition) is 2. The van der Waals surface area contributed by atoms with Crippen molar-refractivity contribution in [3.63, 3.8) is 0 Å². The van der Waals surface area contributed by atoms with E-state index in [1.807, 2.05) is 6.07 Å². The van der Waals surface area contributed by atoms with Crippen LogP contribution in [0.3, 0.4) is 0 Å². The molecule has 0 saturated carbocycles. The SMILES string of the molecule is CCC(CNC(C)C)OCc1ccccc1F. The summed E-state index contributed by atoms with van der Waals surface area (Å²) in [6, 6.07) is 7.19. The lowest BCUT2D eigenvalue weighted by Gasteiger charge is -2.18. The highest BCUT2D eigenvalue weighted by atomic mass is 19.1. The molecule has 0 radical (unpaired) electrons. The van der Waals surface area contributed by atoms with Crippen molar-refractivity contribution in [2.75, 3.05) is 6.54 Å². The average molecular weight is 239 g/mol. The second-order valence-electron chi connectivity index (χ2n) is 4.50. The highest BCUT2D eigenvalue weighted by Gasteiger charge is 2.09. The van der Waals surface area contributed by atoms with Crippen LogP contribution in [-0.4, -0.2) is 18.7 Å². The van der Waals surface area contributed by atoms with E-state index >= 15 is 0 Å². The van der Waals surface area contributed by atoms with Gasteiger partial charge in [0.2, 0.25) is 0 Å². The van der Waals surface area contributed by atoms with Gasteiger partial charge in [0.15, 0.2) is 0 Å². The minimum Gasteiger partial charge on any atom is -0.372 e. The summed E-state index contributed by atoms with van der Waals surface area (Å²) in [6.45, 7) is 7.43. The fraction of sp³-hybridized carbons (Fsp3) is 0.571. The van der Waals surface area contributed by atoms with Crippen LogP contribution in [0.1, 0.15) is 32.8 Å². The first kappa shape index (κ1) is 14.1. The van der Waals surface area contributed by atoms with E-state index in [0.717, 1.165) is 13.0 Å². The van der Waals surface area contributed by atoms with Gasteiger partial charge in [0, 0.05) is 18.2 Å². The Kier molecular flexibility index (Phi) is 6.16. The first-order valence-corrected chi connectivity index (χ1v) is 6.21. The molecule has 17 heavy (non-hydrogen) atoms. The summed E-state index contributed by atoms with van der Waals surface area (Å²) < 4.78 is 19.1. The van der Waals surface area contributed by atoms with Gasteiger partial charge in [0.05, 0.1) is 12.7 Å². The fourth-order valence-electron chi connectivity index (χ4n) is 1.51. The van der Waals surface area contributed by atoms with Gasteiger partial charge in [0.1, 0.15) is 5.82 Å². The topological polar surface area (TPSA) is 21.3 Å². The van der Waals surface area contributed by atoms with Gasteiger partial charge in [-0.2, -0.15) is 0 Å². The molecule has 1 rings (SSSR count). The third-order valence-corrected chi connectivity index (χ3v) is 2.64. The van der Waals surface area contributed by atoms with Crippen molar-refractivity contribution in [1.29, 1.82) is 0 Å². The van der Waals surface area contributed by atoms with Gasteiger partial charge >= 0.3 is 0 Å². The Morgan fingerprint density at radius 3 is 2.59 bits per heavy atom. The van der Waals surface area contributed by atoms with E-state index in [-0.39, 0.29) is 11.9 Å². The summed E-state index contributed by atoms with van der Waals surface area (Å²) in [6.07, 6.45) is 1.06. The summed E-state index contributed by atoms with van der Waals surface area (Å²) in [5, 5.41) is 3.33. The number of rotatable bonds is 7. The lowest BCUT2D eigenvalue weighted by Crippen LogP contribution is -2.33. The zero-order chi connectivity index (χ0) is 12.7. The van der Waals surface area contributed by atoms with Gasteiger partial charge in [-0.25, -0.2) is 4.39 Å². The molecule has 96 valence electrons. The van der Waals surface area contributed by atoms with Gasteiger partial charge in [-0.05, 0) is 12.5 Å². The summed E-state index contributed by atoms with van der Waals surface area (Å²) in [5.74, 6) is -0.195. The molecule has 0 aromatic heterocycles. The summed E-state index contributed by atoms with van der Waals surface area (Å²) in [7, 11) is 0. The van der Waals surface area contributed by atoms with E-state index in [9.17, 15) is 4.39 Å². The Labute approximate surface area is 103 Å². The maximum Gasteiger partial charge on any atom is 0.128 e. The molecule has 0 aliphatic carbocycles. The molecule has 2 nitrogen and oxygen atoms in total. The second-order valence-corrected chi connectivity index (χ2v) is 4.50. The molecule has 0 bridgehead atoms. The van der Waals surface area contributed by atoms with Crippen LogP contribution in [0, 0.1) is 5.82 Å². The number of benzene rings is 1. The van der Waals surface area contributed by atoms with E-state index in [0.29, 0.717) is 18.2 Å².